The third kappa shape index (κ3) is 6.57. The molecule has 0 aromatic heterocycles. The number of carbonyl (C=O) groups excluding carboxylic acids is 1. The van der Waals surface area contributed by atoms with E-state index in [0.717, 1.165) is 5.56 Å². The highest BCUT2D eigenvalue weighted by molar-refractivity contribution is 5.67. The Bertz CT molecular complexity index is 573. The smallest absolute Gasteiger partial charge is 0.410 e. The molecule has 1 amide bonds. The van der Waals surface area contributed by atoms with Crippen LogP contribution in [0.25, 0.3) is 0 Å². The lowest BCUT2D eigenvalue weighted by Crippen LogP contribution is -2.37. The van der Waals surface area contributed by atoms with E-state index in [-0.39, 0.29) is 6.09 Å². The summed E-state index contributed by atoms with van der Waals surface area (Å²) in [6.45, 7) is 7.30. The Morgan fingerprint density at radius 3 is 2.65 bits per heavy atom. The molecule has 0 aliphatic rings. The van der Waals surface area contributed by atoms with Crippen molar-refractivity contribution in [3.8, 4) is 11.8 Å². The second-order valence-corrected chi connectivity index (χ2v) is 6.23. The highest BCUT2D eigenvalue weighted by Gasteiger charge is 2.19. The number of hydrogen-bond acceptors (Lipinski definition) is 5. The minimum Gasteiger partial charge on any atom is -0.495 e. The molecule has 0 aliphatic carbocycles. The van der Waals surface area contributed by atoms with Crippen molar-refractivity contribution in [1.82, 2.24) is 10.2 Å². The van der Waals surface area contributed by atoms with Crippen LogP contribution in [0.1, 0.15) is 31.9 Å². The molecular weight excluding hydrogens is 294 g/mol. The van der Waals surface area contributed by atoms with E-state index in [1.54, 1.807) is 26.3 Å². The van der Waals surface area contributed by atoms with Crippen molar-refractivity contribution in [1.29, 1.82) is 5.26 Å². The third-order valence-corrected chi connectivity index (χ3v) is 3.04. The molecule has 23 heavy (non-hydrogen) atoms. The molecule has 0 bridgehead atoms. The van der Waals surface area contributed by atoms with Crippen LogP contribution in [-0.2, 0) is 11.3 Å². The fraction of sp³-hybridized carbons (Fsp3) is 0.529. The number of carbonyl (C=O) groups is 1. The number of nitrogens with one attached hydrogen (secondary N) is 1. The quantitative estimate of drug-likeness (QED) is 0.816. The fourth-order valence-corrected chi connectivity index (χ4v) is 1.86. The van der Waals surface area contributed by atoms with Gasteiger partial charge in [-0.1, -0.05) is 6.07 Å². The first-order valence-corrected chi connectivity index (χ1v) is 7.48. The summed E-state index contributed by atoms with van der Waals surface area (Å²) in [5.74, 6) is 0.570. The second-order valence-electron chi connectivity index (χ2n) is 6.23. The van der Waals surface area contributed by atoms with Crippen molar-refractivity contribution >= 4 is 6.09 Å². The predicted octanol–water partition coefficient (Wildman–Crippen LogP) is 2.52. The van der Waals surface area contributed by atoms with E-state index in [1.165, 1.54) is 4.90 Å². The first-order valence-electron chi connectivity index (χ1n) is 7.48. The number of ether oxygens (including phenoxy) is 2. The Kier molecular flexibility index (Phi) is 6.86. The first-order chi connectivity index (χ1) is 10.8. The summed E-state index contributed by atoms with van der Waals surface area (Å²) in [6, 6.07) is 7.59. The Balaban J connectivity index is 2.40. The van der Waals surface area contributed by atoms with Crippen molar-refractivity contribution in [3.63, 3.8) is 0 Å². The zero-order valence-electron chi connectivity index (χ0n) is 14.5. The third-order valence-electron chi connectivity index (χ3n) is 3.04. The SMILES string of the molecule is COc1ccc(CNCCN(C)C(=O)OC(C)(C)C)cc1C#N. The summed E-state index contributed by atoms with van der Waals surface area (Å²) >= 11 is 0. The van der Waals surface area contributed by atoms with E-state index in [1.807, 2.05) is 26.8 Å². The lowest BCUT2D eigenvalue weighted by molar-refractivity contribution is 0.0300. The van der Waals surface area contributed by atoms with Gasteiger partial charge in [-0.05, 0) is 38.5 Å². The number of hydrogen-bond donors (Lipinski definition) is 1. The minimum absolute atomic E-state index is 0.337. The normalized spacial score (nSPS) is 10.8. The van der Waals surface area contributed by atoms with Gasteiger partial charge in [-0.2, -0.15) is 5.26 Å². The molecule has 1 aromatic rings. The van der Waals surface area contributed by atoms with Crippen LogP contribution in [0, 0.1) is 11.3 Å². The molecule has 0 saturated carbocycles. The molecule has 0 heterocycles. The van der Waals surface area contributed by atoms with Gasteiger partial charge in [-0.3, -0.25) is 0 Å². The maximum Gasteiger partial charge on any atom is 0.410 e. The van der Waals surface area contributed by atoms with E-state index < -0.39 is 5.60 Å². The molecule has 6 heteroatoms. The summed E-state index contributed by atoms with van der Waals surface area (Å²) in [4.78, 5) is 13.3. The van der Waals surface area contributed by atoms with Crippen LogP contribution < -0.4 is 10.1 Å². The Labute approximate surface area is 138 Å². The van der Waals surface area contributed by atoms with Crippen LogP contribution in [0.2, 0.25) is 0 Å². The van der Waals surface area contributed by atoms with E-state index in [4.69, 9.17) is 14.7 Å². The van der Waals surface area contributed by atoms with Gasteiger partial charge in [0.1, 0.15) is 17.4 Å². The number of likely N-dealkylation sites (N-methyl/N-ethyl adjacent to an activating group) is 1. The van der Waals surface area contributed by atoms with Crippen molar-refractivity contribution in [2.24, 2.45) is 0 Å². The fourth-order valence-electron chi connectivity index (χ4n) is 1.86. The summed E-state index contributed by atoms with van der Waals surface area (Å²) in [7, 11) is 3.25. The van der Waals surface area contributed by atoms with Crippen LogP contribution in [-0.4, -0.2) is 43.8 Å². The molecule has 0 aliphatic heterocycles. The molecule has 1 rings (SSSR count). The number of nitrogens with zero attached hydrogens (tertiary/aromatic N) is 2. The molecule has 1 aromatic carbocycles. The van der Waals surface area contributed by atoms with Gasteiger partial charge in [-0.25, -0.2) is 4.79 Å². The minimum atomic E-state index is -0.491. The molecule has 126 valence electrons. The van der Waals surface area contributed by atoms with Crippen molar-refractivity contribution in [2.45, 2.75) is 32.9 Å². The first kappa shape index (κ1) is 18.8. The molecule has 0 fully saturated rings. The molecule has 0 atom stereocenters. The van der Waals surface area contributed by atoms with Crippen LogP contribution in [0.15, 0.2) is 18.2 Å². The lowest BCUT2D eigenvalue weighted by Gasteiger charge is -2.24. The number of benzene rings is 1. The van der Waals surface area contributed by atoms with E-state index >= 15 is 0 Å². The van der Waals surface area contributed by atoms with Gasteiger partial charge < -0.3 is 19.7 Å². The Morgan fingerprint density at radius 1 is 1.39 bits per heavy atom. The Hall–Kier alpha value is -2.26. The van der Waals surface area contributed by atoms with Crippen LogP contribution in [0.5, 0.6) is 5.75 Å². The van der Waals surface area contributed by atoms with Crippen LogP contribution >= 0.6 is 0 Å². The van der Waals surface area contributed by atoms with E-state index in [2.05, 4.69) is 11.4 Å². The summed E-state index contributed by atoms with van der Waals surface area (Å²) in [5.41, 5.74) is 1.01. The van der Waals surface area contributed by atoms with Crippen molar-refractivity contribution < 1.29 is 14.3 Å². The van der Waals surface area contributed by atoms with Gasteiger partial charge in [0.25, 0.3) is 0 Å². The summed E-state index contributed by atoms with van der Waals surface area (Å²) < 4.78 is 10.4. The van der Waals surface area contributed by atoms with Gasteiger partial charge in [0.05, 0.1) is 12.7 Å². The zero-order valence-corrected chi connectivity index (χ0v) is 14.5. The summed E-state index contributed by atoms with van der Waals surface area (Å²) in [5, 5.41) is 12.3. The van der Waals surface area contributed by atoms with Gasteiger partial charge in [0.2, 0.25) is 0 Å². The van der Waals surface area contributed by atoms with E-state index in [0.29, 0.717) is 30.9 Å². The Morgan fingerprint density at radius 2 is 2.09 bits per heavy atom. The average molecular weight is 319 g/mol. The van der Waals surface area contributed by atoms with Crippen molar-refractivity contribution in [2.75, 3.05) is 27.2 Å². The maximum absolute atomic E-state index is 11.8. The molecule has 0 saturated heterocycles. The second kappa shape index (κ2) is 8.39. The molecule has 0 radical (unpaired) electrons. The number of methoxy groups -OCH3 is 1. The molecule has 1 N–H and O–H groups in total. The zero-order chi connectivity index (χ0) is 17.5. The molecular formula is C17H25N3O3. The average Bonchev–Trinajstić information content (AvgIpc) is 2.49. The highest BCUT2D eigenvalue weighted by atomic mass is 16.6. The lowest BCUT2D eigenvalue weighted by atomic mass is 10.1. The topological polar surface area (TPSA) is 74.6 Å². The number of amides is 1. The predicted molar refractivity (Wildman–Crippen MR) is 88.3 cm³/mol. The van der Waals surface area contributed by atoms with Crippen molar-refractivity contribution in [3.05, 3.63) is 29.3 Å². The van der Waals surface area contributed by atoms with Gasteiger partial charge in [0.15, 0.2) is 0 Å². The van der Waals surface area contributed by atoms with Crippen LogP contribution in [0.4, 0.5) is 4.79 Å². The monoisotopic (exact) mass is 319 g/mol. The number of rotatable bonds is 6. The van der Waals surface area contributed by atoms with Gasteiger partial charge in [0, 0.05) is 26.7 Å². The number of nitriles is 1. The highest BCUT2D eigenvalue weighted by Crippen LogP contribution is 2.18. The summed E-state index contributed by atoms with van der Waals surface area (Å²) in [6.07, 6.45) is -0.337. The van der Waals surface area contributed by atoms with Crippen LogP contribution in [0.3, 0.4) is 0 Å². The van der Waals surface area contributed by atoms with Gasteiger partial charge >= 0.3 is 6.09 Å². The van der Waals surface area contributed by atoms with Gasteiger partial charge in [-0.15, -0.1) is 0 Å². The molecule has 0 unspecified atom stereocenters. The molecule has 6 nitrogen and oxygen atoms in total. The molecule has 0 spiro atoms. The maximum atomic E-state index is 11.8. The standard InChI is InChI=1S/C17H25N3O3/c1-17(2,3)23-16(21)20(4)9-8-19-12-13-6-7-15(22-5)14(10-13)11-18/h6-7,10,19H,8-9,12H2,1-5H3. The van der Waals surface area contributed by atoms with E-state index in [9.17, 15) is 4.79 Å². The largest absolute Gasteiger partial charge is 0.495 e.